The Balaban J connectivity index is 2.97. The molecular weight excluding hydrogens is 214 g/mol. The lowest BCUT2D eigenvalue weighted by molar-refractivity contribution is 0.00686. The molecule has 0 aromatic carbocycles. The maximum absolute atomic E-state index is 12.0. The van der Waals surface area contributed by atoms with Gasteiger partial charge in [0.25, 0.3) is 0 Å². The first-order valence-electron chi connectivity index (χ1n) is 6.31. The standard InChI is InChI=1S/C14H23NO2/c1-6-8-10-11(9-15-12(10)7-2)13(16)17-14(3,4)5/h9,15H,6-8H2,1-5H3. The molecule has 1 aromatic rings. The van der Waals surface area contributed by atoms with Crippen LogP contribution in [-0.4, -0.2) is 16.6 Å². The number of carbonyl (C=O) groups excluding carboxylic acids is 1. The van der Waals surface area contributed by atoms with Crippen molar-refractivity contribution in [3.63, 3.8) is 0 Å². The van der Waals surface area contributed by atoms with E-state index in [4.69, 9.17) is 4.74 Å². The number of ether oxygens (including phenoxy) is 1. The first kappa shape index (κ1) is 13.8. The molecule has 17 heavy (non-hydrogen) atoms. The minimum Gasteiger partial charge on any atom is -0.456 e. The summed E-state index contributed by atoms with van der Waals surface area (Å²) in [6, 6.07) is 0. The van der Waals surface area contributed by atoms with E-state index in [0.717, 1.165) is 30.5 Å². The molecule has 0 saturated carbocycles. The number of esters is 1. The molecule has 1 N–H and O–H groups in total. The molecule has 96 valence electrons. The minimum absolute atomic E-state index is 0.225. The van der Waals surface area contributed by atoms with E-state index in [9.17, 15) is 4.79 Å². The third-order valence-corrected chi connectivity index (χ3v) is 2.55. The Morgan fingerprint density at radius 1 is 1.35 bits per heavy atom. The maximum Gasteiger partial charge on any atom is 0.340 e. The third-order valence-electron chi connectivity index (χ3n) is 2.55. The predicted molar refractivity (Wildman–Crippen MR) is 69.3 cm³/mol. The normalized spacial score (nSPS) is 11.6. The minimum atomic E-state index is -0.440. The molecule has 0 radical (unpaired) electrons. The molecule has 0 amide bonds. The molecule has 0 fully saturated rings. The van der Waals surface area contributed by atoms with Gasteiger partial charge in [0.05, 0.1) is 5.56 Å². The molecule has 0 atom stereocenters. The molecule has 1 heterocycles. The third kappa shape index (κ3) is 3.62. The summed E-state index contributed by atoms with van der Waals surface area (Å²) in [6.07, 6.45) is 4.64. The van der Waals surface area contributed by atoms with Crippen molar-refractivity contribution in [3.8, 4) is 0 Å². The lowest BCUT2D eigenvalue weighted by Gasteiger charge is -2.19. The highest BCUT2D eigenvalue weighted by atomic mass is 16.6. The zero-order valence-corrected chi connectivity index (χ0v) is 11.5. The van der Waals surface area contributed by atoms with Crippen LogP contribution in [0.25, 0.3) is 0 Å². The van der Waals surface area contributed by atoms with Crippen molar-refractivity contribution in [2.24, 2.45) is 0 Å². The van der Waals surface area contributed by atoms with E-state index in [1.54, 1.807) is 6.20 Å². The zero-order valence-electron chi connectivity index (χ0n) is 11.5. The number of hydrogen-bond donors (Lipinski definition) is 1. The van der Waals surface area contributed by atoms with Crippen LogP contribution in [0.15, 0.2) is 6.20 Å². The van der Waals surface area contributed by atoms with Gasteiger partial charge in [0, 0.05) is 11.9 Å². The Hall–Kier alpha value is -1.25. The fraction of sp³-hybridized carbons (Fsp3) is 0.643. The average Bonchev–Trinajstić information content (AvgIpc) is 2.59. The first-order valence-corrected chi connectivity index (χ1v) is 6.31. The number of rotatable bonds is 4. The number of nitrogens with one attached hydrogen (secondary N) is 1. The number of hydrogen-bond acceptors (Lipinski definition) is 2. The molecule has 0 bridgehead atoms. The molecule has 0 spiro atoms. The Kier molecular flexibility index (Phi) is 4.38. The van der Waals surface area contributed by atoms with Crippen molar-refractivity contribution in [2.75, 3.05) is 0 Å². The summed E-state index contributed by atoms with van der Waals surface area (Å²) in [5, 5.41) is 0. The van der Waals surface area contributed by atoms with Gasteiger partial charge in [-0.05, 0) is 39.2 Å². The van der Waals surface area contributed by atoms with Crippen LogP contribution >= 0.6 is 0 Å². The van der Waals surface area contributed by atoms with Crippen LogP contribution in [0.1, 0.15) is 62.7 Å². The van der Waals surface area contributed by atoms with E-state index in [2.05, 4.69) is 18.8 Å². The number of aromatic nitrogens is 1. The highest BCUT2D eigenvalue weighted by molar-refractivity contribution is 5.91. The lowest BCUT2D eigenvalue weighted by Crippen LogP contribution is -2.24. The molecular formula is C14H23NO2. The van der Waals surface area contributed by atoms with Crippen LogP contribution in [-0.2, 0) is 17.6 Å². The fourth-order valence-electron chi connectivity index (χ4n) is 1.86. The molecule has 3 heteroatoms. The van der Waals surface area contributed by atoms with Crippen LogP contribution in [0.5, 0.6) is 0 Å². The van der Waals surface area contributed by atoms with Gasteiger partial charge < -0.3 is 9.72 Å². The molecule has 0 unspecified atom stereocenters. The lowest BCUT2D eigenvalue weighted by atomic mass is 10.0. The van der Waals surface area contributed by atoms with Crippen molar-refractivity contribution in [2.45, 2.75) is 59.5 Å². The second-order valence-electron chi connectivity index (χ2n) is 5.26. The SMILES string of the molecule is CCCc1c(C(=O)OC(C)(C)C)c[nH]c1CC. The Morgan fingerprint density at radius 2 is 2.00 bits per heavy atom. The van der Waals surface area contributed by atoms with Gasteiger partial charge >= 0.3 is 5.97 Å². The number of aryl methyl sites for hydroxylation is 1. The van der Waals surface area contributed by atoms with Crippen LogP contribution in [0.2, 0.25) is 0 Å². The van der Waals surface area contributed by atoms with Gasteiger partial charge in [-0.15, -0.1) is 0 Å². The summed E-state index contributed by atoms with van der Waals surface area (Å²) >= 11 is 0. The van der Waals surface area contributed by atoms with Crippen LogP contribution in [0.3, 0.4) is 0 Å². The van der Waals surface area contributed by atoms with E-state index in [-0.39, 0.29) is 5.97 Å². The highest BCUT2D eigenvalue weighted by Gasteiger charge is 2.22. The number of carbonyl (C=O) groups is 1. The Bertz CT molecular complexity index is 385. The number of H-pyrrole nitrogens is 1. The van der Waals surface area contributed by atoms with E-state index >= 15 is 0 Å². The summed E-state index contributed by atoms with van der Waals surface area (Å²) in [4.78, 5) is 15.2. The van der Waals surface area contributed by atoms with Crippen molar-refractivity contribution in [1.82, 2.24) is 4.98 Å². The quantitative estimate of drug-likeness (QED) is 0.814. The van der Waals surface area contributed by atoms with Gasteiger partial charge in [-0.3, -0.25) is 0 Å². The van der Waals surface area contributed by atoms with Crippen molar-refractivity contribution >= 4 is 5.97 Å². The van der Waals surface area contributed by atoms with E-state index in [1.165, 1.54) is 0 Å². The van der Waals surface area contributed by atoms with Crippen molar-refractivity contribution in [1.29, 1.82) is 0 Å². The first-order chi connectivity index (χ1) is 7.89. The van der Waals surface area contributed by atoms with Crippen LogP contribution in [0.4, 0.5) is 0 Å². The summed E-state index contributed by atoms with van der Waals surface area (Å²) in [5.74, 6) is -0.225. The van der Waals surface area contributed by atoms with Gasteiger partial charge in [-0.1, -0.05) is 20.3 Å². The molecule has 0 aliphatic heterocycles. The summed E-state index contributed by atoms with van der Waals surface area (Å²) < 4.78 is 5.41. The van der Waals surface area contributed by atoms with Crippen LogP contribution in [0, 0.1) is 0 Å². The van der Waals surface area contributed by atoms with Crippen molar-refractivity contribution in [3.05, 3.63) is 23.0 Å². The predicted octanol–water partition coefficient (Wildman–Crippen LogP) is 3.48. The summed E-state index contributed by atoms with van der Waals surface area (Å²) in [5.41, 5.74) is 2.51. The molecule has 3 nitrogen and oxygen atoms in total. The molecule has 1 aromatic heterocycles. The van der Waals surface area contributed by atoms with E-state index in [1.807, 2.05) is 20.8 Å². The Labute approximate surface area is 104 Å². The van der Waals surface area contributed by atoms with Crippen molar-refractivity contribution < 1.29 is 9.53 Å². The monoisotopic (exact) mass is 237 g/mol. The van der Waals surface area contributed by atoms with E-state index in [0.29, 0.717) is 5.56 Å². The second-order valence-corrected chi connectivity index (χ2v) is 5.26. The molecule has 0 aliphatic carbocycles. The zero-order chi connectivity index (χ0) is 13.1. The van der Waals surface area contributed by atoms with Gasteiger partial charge in [-0.2, -0.15) is 0 Å². The van der Waals surface area contributed by atoms with Gasteiger partial charge in [0.15, 0.2) is 0 Å². The molecule has 0 aliphatic rings. The van der Waals surface area contributed by atoms with Gasteiger partial charge in [-0.25, -0.2) is 4.79 Å². The van der Waals surface area contributed by atoms with Crippen LogP contribution < -0.4 is 0 Å². The van der Waals surface area contributed by atoms with Gasteiger partial charge in [0.1, 0.15) is 5.60 Å². The molecule has 0 saturated heterocycles. The number of aromatic amines is 1. The van der Waals surface area contributed by atoms with E-state index < -0.39 is 5.60 Å². The van der Waals surface area contributed by atoms with Gasteiger partial charge in [0.2, 0.25) is 0 Å². The Morgan fingerprint density at radius 3 is 2.47 bits per heavy atom. The average molecular weight is 237 g/mol. The summed E-state index contributed by atoms with van der Waals surface area (Å²) in [6.45, 7) is 9.86. The second kappa shape index (κ2) is 5.39. The highest BCUT2D eigenvalue weighted by Crippen LogP contribution is 2.20. The molecule has 1 rings (SSSR count). The summed E-state index contributed by atoms with van der Waals surface area (Å²) in [7, 11) is 0. The topological polar surface area (TPSA) is 42.1 Å². The fourth-order valence-corrected chi connectivity index (χ4v) is 1.86. The maximum atomic E-state index is 12.0. The largest absolute Gasteiger partial charge is 0.456 e. The smallest absolute Gasteiger partial charge is 0.340 e.